The summed E-state index contributed by atoms with van der Waals surface area (Å²) < 4.78 is 5.68. The molecule has 0 aliphatic heterocycles. The summed E-state index contributed by atoms with van der Waals surface area (Å²) in [6.07, 6.45) is 1.17. The van der Waals surface area contributed by atoms with Crippen molar-refractivity contribution in [3.8, 4) is 0 Å². The second kappa shape index (κ2) is 6.44. The van der Waals surface area contributed by atoms with Crippen LogP contribution in [-0.2, 0) is 4.74 Å². The van der Waals surface area contributed by atoms with Crippen molar-refractivity contribution in [2.75, 3.05) is 11.9 Å². The van der Waals surface area contributed by atoms with Gasteiger partial charge < -0.3 is 4.74 Å². The van der Waals surface area contributed by atoms with Crippen LogP contribution in [0.5, 0.6) is 0 Å². The second-order valence-corrected chi connectivity index (χ2v) is 4.15. The summed E-state index contributed by atoms with van der Waals surface area (Å²) in [5, 5.41) is 1.58. The summed E-state index contributed by atoms with van der Waals surface area (Å²) in [5.41, 5.74) is 1.17. The Morgan fingerprint density at radius 1 is 1.36 bits per heavy atom. The van der Waals surface area contributed by atoms with Crippen LogP contribution in [0, 0.1) is 0 Å². The Morgan fingerprint density at radius 2 is 2.00 bits per heavy atom. The highest BCUT2D eigenvalue weighted by Crippen LogP contribution is 2.21. The molecule has 0 N–H and O–H groups in total. The van der Waals surface area contributed by atoms with Crippen LogP contribution in [-0.4, -0.2) is 11.9 Å². The van der Waals surface area contributed by atoms with Crippen molar-refractivity contribution in [2.24, 2.45) is 0 Å². The van der Waals surface area contributed by atoms with E-state index in [4.69, 9.17) is 16.3 Å². The van der Waals surface area contributed by atoms with Crippen LogP contribution >= 0.6 is 27.5 Å². The predicted octanol–water partition coefficient (Wildman–Crippen LogP) is 4.20. The van der Waals surface area contributed by atoms with E-state index in [0.29, 0.717) is 0 Å². The molecule has 3 heteroatoms. The minimum absolute atomic E-state index is 0.132. The normalized spacial score (nSPS) is 12.8. The third-order valence-corrected chi connectivity index (χ3v) is 2.75. The van der Waals surface area contributed by atoms with Crippen molar-refractivity contribution in [1.29, 1.82) is 0 Å². The molecule has 1 nitrogen and oxygen atoms in total. The zero-order valence-electron chi connectivity index (χ0n) is 8.17. The fourth-order valence-corrected chi connectivity index (χ4v) is 1.85. The summed E-state index contributed by atoms with van der Waals surface area (Å²) in [7, 11) is 0. The first-order valence-corrected chi connectivity index (χ1v) is 6.21. The van der Waals surface area contributed by atoms with Crippen LogP contribution in [0.3, 0.4) is 0 Å². The van der Waals surface area contributed by atoms with Crippen LogP contribution in [0.15, 0.2) is 24.3 Å². The van der Waals surface area contributed by atoms with Gasteiger partial charge in [-0.25, -0.2) is 0 Å². The highest BCUT2D eigenvalue weighted by atomic mass is 79.9. The quantitative estimate of drug-likeness (QED) is 0.733. The topological polar surface area (TPSA) is 9.23 Å². The molecule has 1 aromatic carbocycles. The van der Waals surface area contributed by atoms with Crippen molar-refractivity contribution in [2.45, 2.75) is 19.4 Å². The van der Waals surface area contributed by atoms with Crippen molar-refractivity contribution < 1.29 is 4.74 Å². The van der Waals surface area contributed by atoms with Gasteiger partial charge in [0.25, 0.3) is 0 Å². The van der Waals surface area contributed by atoms with Gasteiger partial charge in [-0.1, -0.05) is 46.6 Å². The highest BCUT2D eigenvalue weighted by Gasteiger charge is 2.09. The van der Waals surface area contributed by atoms with Crippen molar-refractivity contribution >= 4 is 27.5 Å². The Kier molecular flexibility index (Phi) is 5.53. The molecule has 0 aliphatic rings. The van der Waals surface area contributed by atoms with Crippen LogP contribution in [0.4, 0.5) is 0 Å². The van der Waals surface area contributed by atoms with Crippen molar-refractivity contribution in [3.05, 3.63) is 34.9 Å². The van der Waals surface area contributed by atoms with Gasteiger partial charge >= 0.3 is 0 Å². The molecule has 1 rings (SSSR count). The molecule has 0 heterocycles. The molecule has 0 spiro atoms. The Hall–Kier alpha value is -0.0500. The number of rotatable bonds is 5. The number of benzene rings is 1. The molecule has 0 bridgehead atoms. The summed E-state index contributed by atoms with van der Waals surface area (Å²) in [5.74, 6) is 0. The fraction of sp³-hybridized carbons (Fsp3) is 0.455. The first-order chi connectivity index (χ1) is 6.77. The Labute approximate surface area is 98.5 Å². The first kappa shape index (κ1) is 12.0. The van der Waals surface area contributed by atoms with Gasteiger partial charge in [0.15, 0.2) is 0 Å². The van der Waals surface area contributed by atoms with Crippen LogP contribution < -0.4 is 0 Å². The molecule has 0 saturated carbocycles. The molecule has 78 valence electrons. The lowest BCUT2D eigenvalue weighted by Crippen LogP contribution is -2.06. The molecule has 0 saturated heterocycles. The summed E-state index contributed by atoms with van der Waals surface area (Å²) in [6.45, 7) is 2.89. The standard InChI is InChI=1S/C11H14BrClO/c1-2-7-14-11(8-12)9-3-5-10(13)6-4-9/h3-6,11H,2,7-8H2,1H3. The van der Waals surface area contributed by atoms with E-state index in [1.165, 1.54) is 5.56 Å². The number of hydrogen-bond acceptors (Lipinski definition) is 1. The number of hydrogen-bond donors (Lipinski definition) is 0. The van der Waals surface area contributed by atoms with E-state index in [2.05, 4.69) is 22.9 Å². The Bertz CT molecular complexity index is 260. The average Bonchev–Trinajstić information content (AvgIpc) is 2.21. The average molecular weight is 278 g/mol. The number of halogens is 2. The smallest absolute Gasteiger partial charge is 0.0921 e. The predicted molar refractivity (Wildman–Crippen MR) is 64.2 cm³/mol. The van der Waals surface area contributed by atoms with Gasteiger partial charge in [0.2, 0.25) is 0 Å². The molecule has 0 aromatic heterocycles. The fourth-order valence-electron chi connectivity index (χ4n) is 1.17. The van der Waals surface area contributed by atoms with E-state index in [9.17, 15) is 0 Å². The van der Waals surface area contributed by atoms with Gasteiger partial charge in [-0.15, -0.1) is 0 Å². The number of alkyl halides is 1. The van der Waals surface area contributed by atoms with Gasteiger partial charge in [-0.2, -0.15) is 0 Å². The summed E-state index contributed by atoms with van der Waals surface area (Å²) >= 11 is 9.25. The Balaban J connectivity index is 2.64. The lowest BCUT2D eigenvalue weighted by Gasteiger charge is -2.15. The van der Waals surface area contributed by atoms with E-state index < -0.39 is 0 Å². The zero-order chi connectivity index (χ0) is 10.4. The van der Waals surface area contributed by atoms with Crippen molar-refractivity contribution in [1.82, 2.24) is 0 Å². The van der Waals surface area contributed by atoms with E-state index in [-0.39, 0.29) is 6.10 Å². The summed E-state index contributed by atoms with van der Waals surface area (Å²) in [4.78, 5) is 0. The monoisotopic (exact) mass is 276 g/mol. The molecule has 1 atom stereocenters. The van der Waals surface area contributed by atoms with E-state index in [0.717, 1.165) is 23.4 Å². The van der Waals surface area contributed by atoms with E-state index in [1.807, 2.05) is 24.3 Å². The second-order valence-electron chi connectivity index (χ2n) is 3.07. The lowest BCUT2D eigenvalue weighted by molar-refractivity contribution is 0.0704. The molecule has 0 amide bonds. The van der Waals surface area contributed by atoms with Gasteiger partial charge in [0.05, 0.1) is 6.10 Å². The first-order valence-electron chi connectivity index (χ1n) is 4.71. The van der Waals surface area contributed by atoms with E-state index in [1.54, 1.807) is 0 Å². The maximum absolute atomic E-state index is 5.81. The van der Waals surface area contributed by atoms with Gasteiger partial charge in [0.1, 0.15) is 0 Å². The zero-order valence-corrected chi connectivity index (χ0v) is 10.5. The third-order valence-electron chi connectivity index (χ3n) is 1.91. The SMILES string of the molecule is CCCOC(CBr)c1ccc(Cl)cc1. The third kappa shape index (κ3) is 3.60. The molecule has 1 aromatic rings. The molecular weight excluding hydrogens is 263 g/mol. The molecule has 1 unspecified atom stereocenters. The van der Waals surface area contributed by atoms with Crippen molar-refractivity contribution in [3.63, 3.8) is 0 Å². The highest BCUT2D eigenvalue weighted by molar-refractivity contribution is 9.09. The maximum atomic E-state index is 5.81. The minimum Gasteiger partial charge on any atom is -0.373 e. The maximum Gasteiger partial charge on any atom is 0.0921 e. The van der Waals surface area contributed by atoms with Crippen LogP contribution in [0.25, 0.3) is 0 Å². The van der Waals surface area contributed by atoms with E-state index >= 15 is 0 Å². The largest absolute Gasteiger partial charge is 0.373 e. The van der Waals surface area contributed by atoms with Crippen LogP contribution in [0.2, 0.25) is 5.02 Å². The molecule has 0 aliphatic carbocycles. The van der Waals surface area contributed by atoms with Gasteiger partial charge in [-0.05, 0) is 24.1 Å². The van der Waals surface area contributed by atoms with Crippen LogP contribution in [0.1, 0.15) is 25.0 Å². The number of ether oxygens (including phenoxy) is 1. The van der Waals surface area contributed by atoms with Gasteiger partial charge in [0, 0.05) is 17.0 Å². The minimum atomic E-state index is 0.132. The molecule has 14 heavy (non-hydrogen) atoms. The van der Waals surface area contributed by atoms with Gasteiger partial charge in [-0.3, -0.25) is 0 Å². The molecule has 0 radical (unpaired) electrons. The molecule has 0 fully saturated rings. The molecular formula is C11H14BrClO. The summed E-state index contributed by atoms with van der Waals surface area (Å²) in [6, 6.07) is 7.79. The lowest BCUT2D eigenvalue weighted by atomic mass is 10.1. The Morgan fingerprint density at radius 3 is 2.50 bits per heavy atom.